The predicted octanol–water partition coefficient (Wildman–Crippen LogP) is 5.90. The Kier molecular flexibility index (Phi) is 5.07. The van der Waals surface area contributed by atoms with Crippen LogP contribution in [-0.2, 0) is 0 Å². The lowest BCUT2D eigenvalue weighted by molar-refractivity contribution is 0.0734. The molecule has 3 aromatic carbocycles. The van der Waals surface area contributed by atoms with E-state index in [0.717, 1.165) is 15.6 Å². The van der Waals surface area contributed by atoms with Crippen LogP contribution in [0.25, 0.3) is 6.08 Å². The zero-order chi connectivity index (χ0) is 20.5. The number of benzene rings is 3. The summed E-state index contributed by atoms with van der Waals surface area (Å²) in [6.07, 6.45) is 1.70. The van der Waals surface area contributed by atoms with E-state index >= 15 is 0 Å². The lowest BCUT2D eigenvalue weighted by Gasteiger charge is -2.08. The zero-order valence-electron chi connectivity index (χ0n) is 15.9. The quantitative estimate of drug-likeness (QED) is 0.284. The molecule has 0 aliphatic carbocycles. The molecule has 0 bridgehead atoms. The van der Waals surface area contributed by atoms with Gasteiger partial charge in [0, 0.05) is 10.5 Å². The lowest BCUT2D eigenvalue weighted by atomic mass is 10.0. The first kappa shape index (κ1) is 19.2. The van der Waals surface area contributed by atoms with Gasteiger partial charge in [0.25, 0.3) is 0 Å². The summed E-state index contributed by atoms with van der Waals surface area (Å²) in [5.74, 6) is 0.321. The zero-order valence-corrected chi connectivity index (χ0v) is 17.4. The number of Topliss-reactive ketones (excluding diaryl/α,β-unsaturated/α-hetero) is 1. The number of allylic oxidation sites excluding steroid dienone is 1. The van der Waals surface area contributed by atoms with Gasteiger partial charge in [0.15, 0.2) is 5.76 Å². The second kappa shape index (κ2) is 7.68. The molecule has 0 N–H and O–H groups in total. The highest BCUT2D eigenvalue weighted by molar-refractivity contribution is 9.10. The number of rotatable bonds is 3. The molecule has 0 spiro atoms. The van der Waals surface area contributed by atoms with Gasteiger partial charge in [-0.05, 0) is 61.4 Å². The van der Waals surface area contributed by atoms with Crippen LogP contribution in [-0.4, -0.2) is 11.8 Å². The number of esters is 1. The molecule has 4 nitrogen and oxygen atoms in total. The van der Waals surface area contributed by atoms with Gasteiger partial charge in [-0.2, -0.15) is 0 Å². The third-order valence-electron chi connectivity index (χ3n) is 4.59. The Morgan fingerprint density at radius 1 is 1.03 bits per heavy atom. The van der Waals surface area contributed by atoms with Crippen molar-refractivity contribution in [2.45, 2.75) is 13.8 Å². The average molecular weight is 449 g/mol. The smallest absolute Gasteiger partial charge is 0.343 e. The third-order valence-corrected chi connectivity index (χ3v) is 5.08. The maximum Gasteiger partial charge on any atom is 0.343 e. The van der Waals surface area contributed by atoms with Gasteiger partial charge >= 0.3 is 5.97 Å². The predicted molar refractivity (Wildman–Crippen MR) is 114 cm³/mol. The van der Waals surface area contributed by atoms with Gasteiger partial charge in [-0.3, -0.25) is 4.79 Å². The first-order valence-electron chi connectivity index (χ1n) is 9.04. The molecular weight excluding hydrogens is 432 g/mol. The summed E-state index contributed by atoms with van der Waals surface area (Å²) < 4.78 is 12.2. The third kappa shape index (κ3) is 4.00. The summed E-state index contributed by atoms with van der Waals surface area (Å²) in [5.41, 5.74) is 3.55. The van der Waals surface area contributed by atoms with Crippen LogP contribution in [0.2, 0.25) is 0 Å². The van der Waals surface area contributed by atoms with E-state index in [9.17, 15) is 9.59 Å². The molecule has 4 rings (SSSR count). The van der Waals surface area contributed by atoms with Crippen molar-refractivity contribution in [2.24, 2.45) is 0 Å². The van der Waals surface area contributed by atoms with Crippen LogP contribution in [0.3, 0.4) is 0 Å². The van der Waals surface area contributed by atoms with E-state index in [1.54, 1.807) is 37.3 Å². The summed E-state index contributed by atoms with van der Waals surface area (Å²) >= 11 is 3.42. The van der Waals surface area contributed by atoms with Crippen molar-refractivity contribution in [3.05, 3.63) is 98.7 Å². The molecule has 144 valence electrons. The number of hydrogen-bond donors (Lipinski definition) is 0. The van der Waals surface area contributed by atoms with Crippen LogP contribution in [0.15, 0.2) is 70.9 Å². The summed E-state index contributed by atoms with van der Waals surface area (Å²) in [5, 5.41) is 0. The van der Waals surface area contributed by atoms with Gasteiger partial charge in [-0.15, -0.1) is 0 Å². The summed E-state index contributed by atoms with van der Waals surface area (Å²) in [6.45, 7) is 3.75. The minimum Gasteiger partial charge on any atom is -0.452 e. The Morgan fingerprint density at radius 2 is 1.79 bits per heavy atom. The van der Waals surface area contributed by atoms with Crippen molar-refractivity contribution in [3.63, 3.8) is 0 Å². The van der Waals surface area contributed by atoms with Crippen molar-refractivity contribution < 1.29 is 19.1 Å². The van der Waals surface area contributed by atoms with Crippen LogP contribution >= 0.6 is 15.9 Å². The molecule has 0 saturated carbocycles. The van der Waals surface area contributed by atoms with Crippen molar-refractivity contribution in [3.8, 4) is 11.5 Å². The summed E-state index contributed by atoms with van der Waals surface area (Å²) in [6, 6.07) is 18.0. The average Bonchev–Trinajstić information content (AvgIpc) is 2.98. The highest BCUT2D eigenvalue weighted by atomic mass is 79.9. The number of fused-ring (bicyclic) bond motifs is 1. The number of ether oxygens (including phenoxy) is 2. The maximum absolute atomic E-state index is 12.8. The second-order valence-corrected chi connectivity index (χ2v) is 7.78. The Bertz CT molecular complexity index is 1160. The molecule has 1 heterocycles. The Balaban J connectivity index is 1.60. The van der Waals surface area contributed by atoms with Gasteiger partial charge in [-0.25, -0.2) is 4.79 Å². The molecule has 0 aromatic heterocycles. The van der Waals surface area contributed by atoms with Crippen LogP contribution in [0, 0.1) is 13.8 Å². The minimum atomic E-state index is -0.460. The number of halogens is 1. The molecule has 0 unspecified atom stereocenters. The van der Waals surface area contributed by atoms with E-state index in [0.29, 0.717) is 28.2 Å². The van der Waals surface area contributed by atoms with E-state index in [4.69, 9.17) is 9.47 Å². The van der Waals surface area contributed by atoms with Crippen molar-refractivity contribution in [2.75, 3.05) is 0 Å². The topological polar surface area (TPSA) is 52.6 Å². The minimum absolute atomic E-state index is 0.186. The molecule has 1 aliphatic heterocycles. The summed E-state index contributed by atoms with van der Waals surface area (Å²) in [7, 11) is 0. The van der Waals surface area contributed by atoms with E-state index in [-0.39, 0.29) is 11.5 Å². The second-order valence-electron chi connectivity index (χ2n) is 6.86. The normalized spacial score (nSPS) is 13.9. The largest absolute Gasteiger partial charge is 0.452 e. The monoisotopic (exact) mass is 448 g/mol. The Hall–Kier alpha value is -3.18. The van der Waals surface area contributed by atoms with Crippen molar-refractivity contribution >= 4 is 33.8 Å². The van der Waals surface area contributed by atoms with Gasteiger partial charge in [-0.1, -0.05) is 45.8 Å². The molecule has 29 heavy (non-hydrogen) atoms. The molecule has 0 amide bonds. The van der Waals surface area contributed by atoms with Crippen molar-refractivity contribution in [1.29, 1.82) is 0 Å². The first-order chi connectivity index (χ1) is 13.9. The van der Waals surface area contributed by atoms with E-state index < -0.39 is 5.97 Å². The van der Waals surface area contributed by atoms with Gasteiger partial charge in [0.1, 0.15) is 11.5 Å². The van der Waals surface area contributed by atoms with Crippen LogP contribution in [0.1, 0.15) is 37.4 Å². The SMILES string of the molecule is Cc1ccc(C(=O)Oc2cc(C)c3c(c2)O/C(=C\c2cccc(Br)c2)C3=O)cc1. The van der Waals surface area contributed by atoms with E-state index in [1.165, 1.54) is 0 Å². The fraction of sp³-hybridized carbons (Fsp3) is 0.0833. The van der Waals surface area contributed by atoms with Crippen LogP contribution in [0.4, 0.5) is 0 Å². The number of carbonyl (C=O) groups excluding carboxylic acids is 2. The first-order valence-corrected chi connectivity index (χ1v) is 9.83. The van der Waals surface area contributed by atoms with Crippen LogP contribution in [0.5, 0.6) is 11.5 Å². The molecular formula is C24H17BrO4. The van der Waals surface area contributed by atoms with Gasteiger partial charge in [0.2, 0.25) is 5.78 Å². The molecule has 0 fully saturated rings. The Morgan fingerprint density at radius 3 is 2.52 bits per heavy atom. The van der Waals surface area contributed by atoms with Crippen molar-refractivity contribution in [1.82, 2.24) is 0 Å². The highest BCUT2D eigenvalue weighted by Gasteiger charge is 2.30. The molecule has 0 atom stereocenters. The molecule has 0 radical (unpaired) electrons. The fourth-order valence-electron chi connectivity index (χ4n) is 3.14. The van der Waals surface area contributed by atoms with Gasteiger partial charge < -0.3 is 9.47 Å². The summed E-state index contributed by atoms with van der Waals surface area (Å²) in [4.78, 5) is 25.2. The molecule has 0 saturated heterocycles. The number of ketones is 1. The molecule has 5 heteroatoms. The van der Waals surface area contributed by atoms with E-state index in [1.807, 2.05) is 43.3 Å². The number of carbonyl (C=O) groups is 2. The lowest BCUT2D eigenvalue weighted by Crippen LogP contribution is -2.08. The standard InChI is InChI=1S/C24H17BrO4/c1-14-6-8-17(9-7-14)24(27)28-19-10-15(2)22-20(13-19)29-21(23(22)26)12-16-4-3-5-18(25)11-16/h3-13H,1-2H3/b21-12-. The Labute approximate surface area is 176 Å². The number of aryl methyl sites for hydroxylation is 2. The fourth-order valence-corrected chi connectivity index (χ4v) is 3.56. The maximum atomic E-state index is 12.8. The molecule has 3 aromatic rings. The highest BCUT2D eigenvalue weighted by Crippen LogP contribution is 2.37. The van der Waals surface area contributed by atoms with E-state index in [2.05, 4.69) is 15.9 Å². The number of hydrogen-bond acceptors (Lipinski definition) is 4. The van der Waals surface area contributed by atoms with Crippen LogP contribution < -0.4 is 9.47 Å². The molecule has 1 aliphatic rings. The van der Waals surface area contributed by atoms with Gasteiger partial charge in [0.05, 0.1) is 11.1 Å².